The molecule has 0 radical (unpaired) electrons. The first kappa shape index (κ1) is 10.4. The van der Waals surface area contributed by atoms with Gasteiger partial charge in [-0.25, -0.2) is 9.97 Å². The van der Waals surface area contributed by atoms with Gasteiger partial charge in [0.05, 0.1) is 5.56 Å². The molecule has 0 aliphatic rings. The Bertz CT molecular complexity index is 588. The molecule has 0 atom stereocenters. The maximum Gasteiger partial charge on any atom is 0.162 e. The molecule has 0 aromatic carbocycles. The summed E-state index contributed by atoms with van der Waals surface area (Å²) in [6.45, 7) is 4.13. The zero-order valence-corrected chi connectivity index (χ0v) is 9.52. The van der Waals surface area contributed by atoms with E-state index in [-0.39, 0.29) is 5.82 Å². The molecule has 0 spiro atoms. The molecule has 16 heavy (non-hydrogen) atoms. The van der Waals surface area contributed by atoms with E-state index in [0.29, 0.717) is 11.5 Å². The second-order valence-corrected chi connectivity index (χ2v) is 4.06. The normalized spacial score (nSPS) is 10.9. The summed E-state index contributed by atoms with van der Waals surface area (Å²) in [4.78, 5) is 8.66. The molecule has 5 heteroatoms. The monoisotopic (exact) mass is 215 g/mol. The van der Waals surface area contributed by atoms with Gasteiger partial charge in [-0.3, -0.25) is 0 Å². The van der Waals surface area contributed by atoms with Crippen molar-refractivity contribution in [1.29, 1.82) is 5.26 Å². The highest BCUT2D eigenvalue weighted by Crippen LogP contribution is 2.21. The largest absolute Gasteiger partial charge is 0.383 e. The van der Waals surface area contributed by atoms with Crippen LogP contribution in [-0.2, 0) is 7.05 Å². The average molecular weight is 215 g/mol. The number of nitrogens with two attached hydrogens (primary N) is 1. The summed E-state index contributed by atoms with van der Waals surface area (Å²) in [5.41, 5.74) is 7.49. The van der Waals surface area contributed by atoms with Crippen LogP contribution in [0.15, 0.2) is 6.07 Å². The van der Waals surface area contributed by atoms with E-state index < -0.39 is 0 Å². The van der Waals surface area contributed by atoms with Crippen LogP contribution in [0, 0.1) is 11.3 Å². The molecule has 0 saturated carbocycles. The van der Waals surface area contributed by atoms with E-state index in [0.717, 1.165) is 17.0 Å². The van der Waals surface area contributed by atoms with Crippen LogP contribution in [0.2, 0.25) is 0 Å². The summed E-state index contributed by atoms with van der Waals surface area (Å²) in [5.74, 6) is 1.51. The molecule has 0 aliphatic carbocycles. The van der Waals surface area contributed by atoms with Crippen LogP contribution >= 0.6 is 0 Å². The van der Waals surface area contributed by atoms with E-state index >= 15 is 0 Å². The first-order valence-electron chi connectivity index (χ1n) is 5.07. The first-order valence-corrected chi connectivity index (χ1v) is 5.07. The molecule has 2 rings (SSSR count). The fourth-order valence-corrected chi connectivity index (χ4v) is 1.75. The van der Waals surface area contributed by atoms with E-state index in [1.54, 1.807) is 6.07 Å². The highest BCUT2D eigenvalue weighted by molar-refractivity contribution is 5.76. The van der Waals surface area contributed by atoms with Crippen molar-refractivity contribution in [2.45, 2.75) is 19.8 Å². The molecule has 0 aliphatic heterocycles. The third-order valence-corrected chi connectivity index (χ3v) is 2.55. The van der Waals surface area contributed by atoms with Gasteiger partial charge in [-0.05, 0) is 6.07 Å². The number of aromatic nitrogens is 3. The van der Waals surface area contributed by atoms with Crippen molar-refractivity contribution in [3.8, 4) is 6.07 Å². The Balaban J connectivity index is 2.78. The minimum atomic E-state index is 0.258. The fraction of sp³-hybridized carbons (Fsp3) is 0.364. The van der Waals surface area contributed by atoms with Gasteiger partial charge in [-0.1, -0.05) is 13.8 Å². The predicted molar refractivity (Wildman–Crippen MR) is 61.7 cm³/mol. The number of pyridine rings is 1. The number of nitrogens with zero attached hydrogens (tertiary/aromatic N) is 4. The Morgan fingerprint density at radius 1 is 1.44 bits per heavy atom. The maximum atomic E-state index is 8.86. The molecular weight excluding hydrogens is 202 g/mol. The number of nitrogen functional groups attached to an aromatic ring is 1. The van der Waals surface area contributed by atoms with E-state index in [9.17, 15) is 0 Å². The summed E-state index contributed by atoms with van der Waals surface area (Å²) in [7, 11) is 1.91. The second-order valence-electron chi connectivity index (χ2n) is 4.06. The van der Waals surface area contributed by atoms with Gasteiger partial charge in [0, 0.05) is 13.0 Å². The summed E-state index contributed by atoms with van der Waals surface area (Å²) < 4.78 is 1.91. The van der Waals surface area contributed by atoms with E-state index in [4.69, 9.17) is 11.0 Å². The van der Waals surface area contributed by atoms with Gasteiger partial charge in [-0.2, -0.15) is 5.26 Å². The third-order valence-electron chi connectivity index (χ3n) is 2.55. The first-order chi connectivity index (χ1) is 7.54. The standard InChI is InChI=1S/C11H13N5/c1-6(2)10-14-8-4-7(5-12)9(13)15-11(8)16(10)3/h4,6H,1-3H3,(H2,13,15). The van der Waals surface area contributed by atoms with Gasteiger partial charge < -0.3 is 10.3 Å². The van der Waals surface area contributed by atoms with Crippen molar-refractivity contribution in [2.75, 3.05) is 5.73 Å². The summed E-state index contributed by atoms with van der Waals surface area (Å²) in [6, 6.07) is 3.69. The van der Waals surface area contributed by atoms with Gasteiger partial charge in [0.2, 0.25) is 0 Å². The van der Waals surface area contributed by atoms with Crippen LogP contribution in [0.3, 0.4) is 0 Å². The summed E-state index contributed by atoms with van der Waals surface area (Å²) in [6.07, 6.45) is 0. The Morgan fingerprint density at radius 2 is 2.12 bits per heavy atom. The van der Waals surface area contributed by atoms with Crippen LogP contribution < -0.4 is 5.73 Å². The Hall–Kier alpha value is -2.09. The molecule has 0 saturated heterocycles. The highest BCUT2D eigenvalue weighted by Gasteiger charge is 2.13. The molecule has 0 fully saturated rings. The molecule has 0 amide bonds. The van der Waals surface area contributed by atoms with Crippen molar-refractivity contribution < 1.29 is 0 Å². The number of anilines is 1. The van der Waals surface area contributed by atoms with Crippen LogP contribution in [0.1, 0.15) is 31.2 Å². The van der Waals surface area contributed by atoms with E-state index in [1.807, 2.05) is 17.7 Å². The Kier molecular flexibility index (Phi) is 2.27. The number of fused-ring (bicyclic) bond motifs is 1. The number of hydrogen-bond donors (Lipinski definition) is 1. The molecule has 2 N–H and O–H groups in total. The van der Waals surface area contributed by atoms with E-state index in [2.05, 4.69) is 23.8 Å². The SMILES string of the molecule is CC(C)c1nc2cc(C#N)c(N)nc2n1C. The smallest absolute Gasteiger partial charge is 0.162 e. The molecule has 5 nitrogen and oxygen atoms in total. The zero-order chi connectivity index (χ0) is 11.9. The lowest BCUT2D eigenvalue weighted by molar-refractivity contribution is 0.719. The number of hydrogen-bond acceptors (Lipinski definition) is 4. The molecule has 2 aromatic rings. The number of imidazole rings is 1. The number of nitriles is 1. The van der Waals surface area contributed by atoms with Crippen molar-refractivity contribution in [2.24, 2.45) is 7.05 Å². The van der Waals surface area contributed by atoms with Crippen molar-refractivity contribution >= 4 is 17.0 Å². The van der Waals surface area contributed by atoms with Gasteiger partial charge in [0.15, 0.2) is 5.65 Å². The Morgan fingerprint density at radius 3 is 2.69 bits per heavy atom. The summed E-state index contributed by atoms with van der Waals surface area (Å²) >= 11 is 0. The minimum absolute atomic E-state index is 0.258. The van der Waals surface area contributed by atoms with Crippen LogP contribution in [0.4, 0.5) is 5.82 Å². The molecular formula is C11H13N5. The lowest BCUT2D eigenvalue weighted by Gasteiger charge is -2.04. The van der Waals surface area contributed by atoms with Gasteiger partial charge in [0.25, 0.3) is 0 Å². The van der Waals surface area contributed by atoms with Gasteiger partial charge >= 0.3 is 0 Å². The lowest BCUT2D eigenvalue weighted by atomic mass is 10.2. The van der Waals surface area contributed by atoms with Crippen LogP contribution in [-0.4, -0.2) is 14.5 Å². The molecule has 82 valence electrons. The third kappa shape index (κ3) is 1.39. The molecule has 2 heterocycles. The fourth-order valence-electron chi connectivity index (χ4n) is 1.75. The van der Waals surface area contributed by atoms with Crippen molar-refractivity contribution in [3.05, 3.63) is 17.5 Å². The van der Waals surface area contributed by atoms with Crippen molar-refractivity contribution in [1.82, 2.24) is 14.5 Å². The predicted octanol–water partition coefficient (Wildman–Crippen LogP) is 1.55. The molecule has 0 bridgehead atoms. The van der Waals surface area contributed by atoms with Gasteiger partial charge in [-0.15, -0.1) is 0 Å². The average Bonchev–Trinajstić information content (AvgIpc) is 2.55. The second kappa shape index (κ2) is 3.49. The highest BCUT2D eigenvalue weighted by atomic mass is 15.1. The topological polar surface area (TPSA) is 80.5 Å². The molecule has 0 unspecified atom stereocenters. The quantitative estimate of drug-likeness (QED) is 0.782. The van der Waals surface area contributed by atoms with Crippen molar-refractivity contribution in [3.63, 3.8) is 0 Å². The Labute approximate surface area is 93.5 Å². The summed E-state index contributed by atoms with van der Waals surface area (Å²) in [5, 5.41) is 8.86. The number of rotatable bonds is 1. The van der Waals surface area contributed by atoms with E-state index in [1.165, 1.54) is 0 Å². The minimum Gasteiger partial charge on any atom is -0.383 e. The maximum absolute atomic E-state index is 8.86. The number of aryl methyl sites for hydroxylation is 1. The lowest BCUT2D eigenvalue weighted by Crippen LogP contribution is -2.01. The van der Waals surface area contributed by atoms with Crippen LogP contribution in [0.25, 0.3) is 11.2 Å². The molecule has 2 aromatic heterocycles. The zero-order valence-electron chi connectivity index (χ0n) is 9.52. The van der Waals surface area contributed by atoms with Gasteiger partial charge in [0.1, 0.15) is 23.2 Å². The van der Waals surface area contributed by atoms with Crippen LogP contribution in [0.5, 0.6) is 0 Å².